The average Bonchev–Trinajstić information content (AvgIpc) is 4.10. The second-order valence-electron chi connectivity index (χ2n) is 18.3. The molecule has 3 aromatic heterocycles. The van der Waals surface area contributed by atoms with Crippen molar-refractivity contribution >= 4 is 68.1 Å². The molecule has 5 aliphatic heterocycles. The highest BCUT2D eigenvalue weighted by Gasteiger charge is 2.54. The number of hydrogen-bond acceptors (Lipinski definition) is 12. The summed E-state index contributed by atoms with van der Waals surface area (Å²) in [6.07, 6.45) is 8.58. The Balaban J connectivity index is 0.678. The van der Waals surface area contributed by atoms with Gasteiger partial charge in [-0.3, -0.25) is 34.5 Å². The summed E-state index contributed by atoms with van der Waals surface area (Å²) in [6.45, 7) is 5.08. The van der Waals surface area contributed by atoms with Crippen molar-refractivity contribution in [3.05, 3.63) is 102 Å². The third-order valence-electron chi connectivity index (χ3n) is 13.8. The number of halogens is 1. The predicted octanol–water partition coefficient (Wildman–Crippen LogP) is 4.96. The van der Waals surface area contributed by atoms with Crippen LogP contribution in [0.2, 0.25) is 0 Å². The summed E-state index contributed by atoms with van der Waals surface area (Å²) in [6, 6.07) is 17.8. The largest absolute Gasteiger partial charge is 0.389 e. The van der Waals surface area contributed by atoms with Crippen LogP contribution in [0.25, 0.3) is 22.0 Å². The van der Waals surface area contributed by atoms with E-state index in [0.717, 1.165) is 60.8 Å². The van der Waals surface area contributed by atoms with Gasteiger partial charge in [-0.15, -0.1) is 11.3 Å². The number of hydrogen-bond donors (Lipinski definition) is 4. The SMILES string of the molecule is O=C1CCC(Nc2ccc(N3CCC(O)(CC(=O)N4CC5(C4)CN(c4ccc(-c6cc(F)c7cn(C(C(=O)Nc8nccs8)c8ncn9c8CCC9)nc7c6)cc4)C5)CC3)cc2)C(=O)N1. The quantitative estimate of drug-likeness (QED) is 0.129. The van der Waals surface area contributed by atoms with Crippen LogP contribution in [0.5, 0.6) is 0 Å². The molecule has 5 aliphatic rings. The van der Waals surface area contributed by atoms with Crippen molar-refractivity contribution in [1.29, 1.82) is 0 Å². The topological polar surface area (TPSA) is 183 Å². The summed E-state index contributed by atoms with van der Waals surface area (Å²) in [7, 11) is 0. The lowest BCUT2D eigenvalue weighted by Gasteiger charge is -2.61. The van der Waals surface area contributed by atoms with Gasteiger partial charge >= 0.3 is 0 Å². The fraction of sp³-hybridized carbons (Fsp3) is 0.383. The molecule has 4 amide bonds. The first-order valence-electron chi connectivity index (χ1n) is 22.2. The molecule has 6 aromatic rings. The van der Waals surface area contributed by atoms with Gasteiger partial charge in [-0.25, -0.2) is 14.4 Å². The molecule has 2 unspecified atom stereocenters. The third kappa shape index (κ3) is 7.87. The number of piperidine rings is 2. The van der Waals surface area contributed by atoms with Crippen LogP contribution in [0.15, 0.2) is 84.8 Å². The second-order valence-corrected chi connectivity index (χ2v) is 19.2. The highest BCUT2D eigenvalue weighted by atomic mass is 32.1. The number of thiazole rings is 1. The average molecular weight is 898 g/mol. The molecule has 1 spiro atoms. The van der Waals surface area contributed by atoms with Crippen LogP contribution in [0.4, 0.5) is 26.6 Å². The fourth-order valence-corrected chi connectivity index (χ4v) is 10.8. The predicted molar refractivity (Wildman–Crippen MR) is 243 cm³/mol. The number of imidazole rings is 1. The molecule has 3 aromatic carbocycles. The van der Waals surface area contributed by atoms with Crippen molar-refractivity contribution in [3.8, 4) is 11.1 Å². The number of likely N-dealkylation sites (tertiary alicyclic amines) is 1. The van der Waals surface area contributed by atoms with E-state index < -0.39 is 23.5 Å². The Bertz CT molecular complexity index is 2800. The molecule has 0 aliphatic carbocycles. The van der Waals surface area contributed by atoms with Gasteiger partial charge in [0.15, 0.2) is 11.2 Å². The van der Waals surface area contributed by atoms with Gasteiger partial charge in [-0.2, -0.15) is 5.10 Å². The number of rotatable bonds is 11. The van der Waals surface area contributed by atoms with Crippen LogP contribution >= 0.6 is 11.3 Å². The Morgan fingerprint density at radius 3 is 2.42 bits per heavy atom. The van der Waals surface area contributed by atoms with E-state index in [0.29, 0.717) is 79.2 Å². The van der Waals surface area contributed by atoms with Crippen LogP contribution in [0, 0.1) is 11.2 Å². The summed E-state index contributed by atoms with van der Waals surface area (Å²) in [5.41, 5.74) is 5.38. The molecule has 11 rings (SSSR count). The van der Waals surface area contributed by atoms with Crippen LogP contribution in [-0.2, 0) is 32.1 Å². The molecule has 0 radical (unpaired) electrons. The number of carbonyl (C=O) groups is 4. The van der Waals surface area contributed by atoms with Crippen molar-refractivity contribution in [2.75, 3.05) is 59.7 Å². The number of anilines is 4. The summed E-state index contributed by atoms with van der Waals surface area (Å²) < 4.78 is 19.4. The normalized spacial score (nSPS) is 20.3. The zero-order chi connectivity index (χ0) is 44.5. The minimum Gasteiger partial charge on any atom is -0.389 e. The van der Waals surface area contributed by atoms with Crippen LogP contribution in [0.1, 0.15) is 56.0 Å². The van der Waals surface area contributed by atoms with Gasteiger partial charge in [0.1, 0.15) is 11.9 Å². The smallest absolute Gasteiger partial charge is 0.257 e. The standard InChI is InChI=1S/C47H48FN11O5S/c48-35-20-30(21-37-34(35)23-59(54-37)42(44(63)53-45-49-15-19-65-45)41-38-2-1-16-56(38)28-50-41)29-3-7-33(8-4-29)57-24-46(25-57)26-58(27-46)40(61)22-47(64)13-17-55(18-14-47)32-9-5-31(6-10-32)51-36-11-12-39(60)52-43(36)62/h3-10,15,19-21,23,28,36,42,51,64H,1-2,11-14,16-18,22,24-27H2,(H,49,53,63)(H,52,60,62). The Morgan fingerprint density at radius 1 is 0.923 bits per heavy atom. The Hall–Kier alpha value is -6.66. The van der Waals surface area contributed by atoms with Crippen LogP contribution < -0.4 is 25.8 Å². The van der Waals surface area contributed by atoms with Crippen molar-refractivity contribution in [3.63, 3.8) is 0 Å². The summed E-state index contributed by atoms with van der Waals surface area (Å²) in [5.74, 6) is -1.34. The van der Waals surface area contributed by atoms with Gasteiger partial charge in [0.05, 0.1) is 34.9 Å². The van der Waals surface area contributed by atoms with Gasteiger partial charge in [0, 0.05) is 98.2 Å². The highest BCUT2D eigenvalue weighted by molar-refractivity contribution is 7.13. The van der Waals surface area contributed by atoms with E-state index in [1.807, 2.05) is 59.5 Å². The maximum atomic E-state index is 15.8. The van der Waals surface area contributed by atoms with Gasteiger partial charge in [-0.05, 0) is 91.8 Å². The number of nitrogens with one attached hydrogen (secondary N) is 3. The van der Waals surface area contributed by atoms with E-state index in [4.69, 9.17) is 5.10 Å². The molecular formula is C47H48FN11O5S. The maximum Gasteiger partial charge on any atom is 0.257 e. The van der Waals surface area contributed by atoms with E-state index in [9.17, 15) is 24.3 Å². The molecular weight excluding hydrogens is 850 g/mol. The summed E-state index contributed by atoms with van der Waals surface area (Å²) >= 11 is 1.32. The first kappa shape index (κ1) is 41.1. The number of amides is 4. The summed E-state index contributed by atoms with van der Waals surface area (Å²) in [5, 5.41) is 27.2. The van der Waals surface area contributed by atoms with Crippen LogP contribution in [0.3, 0.4) is 0 Å². The van der Waals surface area contributed by atoms with E-state index in [1.165, 1.54) is 22.1 Å². The molecule has 8 heterocycles. The Labute approximate surface area is 377 Å². The number of carbonyl (C=O) groups excluding carboxylic acids is 4. The highest BCUT2D eigenvalue weighted by Crippen LogP contribution is 2.43. The molecule has 16 nitrogen and oxygen atoms in total. The number of aliphatic hydroxyl groups is 1. The number of imide groups is 1. The van der Waals surface area contributed by atoms with E-state index in [-0.39, 0.29) is 35.5 Å². The molecule has 4 fully saturated rings. The lowest BCUT2D eigenvalue weighted by atomic mass is 9.72. The number of benzene rings is 3. The second kappa shape index (κ2) is 16.1. The number of aryl methyl sites for hydroxylation is 1. The molecule has 18 heteroatoms. The third-order valence-corrected chi connectivity index (χ3v) is 14.5. The molecule has 65 heavy (non-hydrogen) atoms. The van der Waals surface area contributed by atoms with Gasteiger partial charge in [0.2, 0.25) is 17.7 Å². The zero-order valence-electron chi connectivity index (χ0n) is 35.6. The number of aromatic nitrogens is 5. The molecule has 334 valence electrons. The van der Waals surface area contributed by atoms with Crippen molar-refractivity contribution in [1.82, 2.24) is 34.5 Å². The molecule has 0 saturated carbocycles. The van der Waals surface area contributed by atoms with Crippen LogP contribution in [-0.4, -0.2) is 109 Å². The number of fused-ring (bicyclic) bond motifs is 2. The van der Waals surface area contributed by atoms with Gasteiger partial charge < -0.3 is 29.7 Å². The first-order valence-corrected chi connectivity index (χ1v) is 23.1. The zero-order valence-corrected chi connectivity index (χ0v) is 36.4. The monoisotopic (exact) mass is 897 g/mol. The first-order chi connectivity index (χ1) is 31.5. The minimum atomic E-state index is -1.05. The number of nitrogens with zero attached hydrogens (tertiary/aromatic N) is 8. The van der Waals surface area contributed by atoms with Crippen molar-refractivity contribution in [2.45, 2.75) is 69.2 Å². The lowest BCUT2D eigenvalue weighted by Crippen LogP contribution is -2.73. The fourth-order valence-electron chi connectivity index (χ4n) is 10.3. The lowest BCUT2D eigenvalue weighted by molar-refractivity contribution is -0.151. The Kier molecular flexibility index (Phi) is 10.2. The van der Waals surface area contributed by atoms with E-state index >= 15 is 4.39 Å². The summed E-state index contributed by atoms with van der Waals surface area (Å²) in [4.78, 5) is 66.0. The minimum absolute atomic E-state index is 0.00750. The van der Waals surface area contributed by atoms with Crippen molar-refractivity contribution < 1.29 is 28.7 Å². The molecule has 0 bridgehead atoms. The molecule has 2 atom stereocenters. The molecule has 4 saturated heterocycles. The maximum absolute atomic E-state index is 15.8. The van der Waals surface area contributed by atoms with Gasteiger partial charge in [-0.1, -0.05) is 12.1 Å². The van der Waals surface area contributed by atoms with E-state index in [1.54, 1.807) is 24.1 Å². The molecule has 4 N–H and O–H groups in total. The van der Waals surface area contributed by atoms with Crippen molar-refractivity contribution in [2.24, 2.45) is 5.41 Å². The van der Waals surface area contributed by atoms with Gasteiger partial charge in [0.25, 0.3) is 5.91 Å². The Morgan fingerprint density at radius 2 is 1.68 bits per heavy atom. The van der Waals surface area contributed by atoms with E-state index in [2.05, 4.69) is 40.3 Å².